The third kappa shape index (κ3) is 8.73. The molecule has 39 heavy (non-hydrogen) atoms. The second kappa shape index (κ2) is 13.7. The zero-order valence-corrected chi connectivity index (χ0v) is 23.6. The topological polar surface area (TPSA) is 165 Å². The second-order valence-electron chi connectivity index (χ2n) is 11.3. The number of rotatable bonds is 6. The van der Waals surface area contributed by atoms with E-state index in [1.165, 1.54) is 0 Å². The smallest absolute Gasteiger partial charge is 0.355 e. The summed E-state index contributed by atoms with van der Waals surface area (Å²) in [5.41, 5.74) is -0.0211. The minimum atomic E-state index is -5.03. The van der Waals surface area contributed by atoms with Gasteiger partial charge in [0.2, 0.25) is 17.7 Å². The van der Waals surface area contributed by atoms with Gasteiger partial charge in [-0.2, -0.15) is 0 Å². The monoisotopic (exact) mass is 563 g/mol. The number of hydrogen-bond acceptors (Lipinski definition) is 5. The minimum absolute atomic E-state index is 0.0250. The molecule has 1 saturated heterocycles. The largest absolute Gasteiger partial charge is 0.379 e. The number of carbonyl (C=O) groups excluding carboxylic acids is 3. The Morgan fingerprint density at radius 2 is 1.77 bits per heavy atom. The Morgan fingerprint density at radius 3 is 2.38 bits per heavy atom. The van der Waals surface area contributed by atoms with Crippen molar-refractivity contribution in [2.45, 2.75) is 83.1 Å². The average molecular weight is 564 g/mol. The fourth-order valence-electron chi connectivity index (χ4n) is 5.48. The van der Waals surface area contributed by atoms with E-state index in [0.29, 0.717) is 45.1 Å². The van der Waals surface area contributed by atoms with E-state index >= 15 is 0 Å². The van der Waals surface area contributed by atoms with Crippen LogP contribution < -0.4 is 16.0 Å². The highest BCUT2D eigenvalue weighted by atomic mass is 31.2. The fraction of sp³-hybridized carbons (Fsp3) is 0.607. The molecular formula is C28H42N3O7P. The van der Waals surface area contributed by atoms with Gasteiger partial charge in [0.25, 0.3) is 0 Å². The van der Waals surface area contributed by atoms with E-state index in [1.54, 1.807) is 0 Å². The maximum absolute atomic E-state index is 13.5. The van der Waals surface area contributed by atoms with Crippen LogP contribution in [0.1, 0.15) is 64.4 Å². The Kier molecular flexibility index (Phi) is 10.9. The number of hydrogen-bond donors (Lipinski definition) is 6. The lowest BCUT2D eigenvalue weighted by Gasteiger charge is -2.34. The van der Waals surface area contributed by atoms with Crippen LogP contribution in [0.4, 0.5) is 0 Å². The molecule has 2 aliphatic heterocycles. The van der Waals surface area contributed by atoms with Crippen molar-refractivity contribution in [3.8, 4) is 0 Å². The summed E-state index contributed by atoms with van der Waals surface area (Å²) < 4.78 is 12.1. The summed E-state index contributed by atoms with van der Waals surface area (Å²) >= 11 is 0. The summed E-state index contributed by atoms with van der Waals surface area (Å²) in [6.45, 7) is 4.20. The molecule has 0 bridgehead atoms. The molecule has 2 heterocycles. The van der Waals surface area contributed by atoms with Crippen molar-refractivity contribution >= 4 is 25.3 Å². The van der Waals surface area contributed by atoms with Gasteiger partial charge in [0.1, 0.15) is 6.04 Å². The molecule has 11 heteroatoms. The van der Waals surface area contributed by atoms with Crippen LogP contribution in [-0.4, -0.2) is 57.1 Å². The molecule has 2 aliphatic rings. The van der Waals surface area contributed by atoms with Gasteiger partial charge < -0.3 is 30.8 Å². The lowest BCUT2D eigenvalue weighted by molar-refractivity contribution is -0.133. The zero-order chi connectivity index (χ0) is 28.6. The van der Waals surface area contributed by atoms with Gasteiger partial charge >= 0.3 is 7.60 Å². The first-order chi connectivity index (χ1) is 18.4. The van der Waals surface area contributed by atoms with Crippen LogP contribution in [0, 0.1) is 17.3 Å². The minimum Gasteiger partial charge on any atom is -0.379 e. The molecule has 6 N–H and O–H groups in total. The van der Waals surface area contributed by atoms with E-state index in [0.717, 1.165) is 12.0 Å². The Bertz CT molecular complexity index is 1070. The number of benzene rings is 1. The highest BCUT2D eigenvalue weighted by Gasteiger charge is 2.47. The third-order valence-corrected chi connectivity index (χ3v) is 8.70. The van der Waals surface area contributed by atoms with Crippen molar-refractivity contribution in [1.82, 2.24) is 16.0 Å². The Labute approximate surface area is 230 Å². The highest BCUT2D eigenvalue weighted by molar-refractivity contribution is 7.52. The molecule has 0 aromatic heterocycles. The highest BCUT2D eigenvalue weighted by Crippen LogP contribution is 2.45. The molecule has 0 aliphatic carbocycles. The van der Waals surface area contributed by atoms with E-state index in [2.05, 4.69) is 16.0 Å². The van der Waals surface area contributed by atoms with Crippen molar-refractivity contribution in [3.05, 3.63) is 48.0 Å². The summed E-state index contributed by atoms with van der Waals surface area (Å²) in [5, 5.41) is 18.9. The summed E-state index contributed by atoms with van der Waals surface area (Å²) in [6.07, 6.45) is 7.23. The molecule has 3 rings (SSSR count). The van der Waals surface area contributed by atoms with E-state index in [-0.39, 0.29) is 30.1 Å². The standard InChI is InChI=1S/C28H42N3O7P/c1-19(2)16-22-25(33)31-23(26(34)39(36,37)38)18-28(14-15-29-27(28)35)13-9-4-3-8-12-21(24(32)30-22)17-20-10-6-5-7-11-20/h4-7,9-11,19,21-23,26,34H,3,8,12-18H2,1-2H3,(H,29,35)(H,30,32)(H,31,33)(H2,36,37,38)/t21?,22-,23-,26?,28?/m0/s1. The first-order valence-electron chi connectivity index (χ1n) is 13.7. The van der Waals surface area contributed by atoms with Gasteiger partial charge in [-0.15, -0.1) is 0 Å². The van der Waals surface area contributed by atoms with Crippen LogP contribution in [0.5, 0.6) is 0 Å². The third-order valence-electron chi connectivity index (χ3n) is 7.65. The molecular weight excluding hydrogens is 521 g/mol. The van der Waals surface area contributed by atoms with Crippen molar-refractivity contribution in [3.63, 3.8) is 0 Å². The van der Waals surface area contributed by atoms with Gasteiger partial charge in [-0.1, -0.05) is 56.3 Å². The predicted octanol–water partition coefficient (Wildman–Crippen LogP) is 2.38. The Morgan fingerprint density at radius 1 is 1.05 bits per heavy atom. The van der Waals surface area contributed by atoms with Crippen molar-refractivity contribution in [1.29, 1.82) is 0 Å². The lowest BCUT2D eigenvalue weighted by atomic mass is 9.77. The normalized spacial score (nSPS) is 28.4. The molecule has 1 aromatic carbocycles. The first-order valence-corrected chi connectivity index (χ1v) is 15.4. The molecule has 3 unspecified atom stereocenters. The predicted molar refractivity (Wildman–Crippen MR) is 147 cm³/mol. The Balaban J connectivity index is 1.96. The molecule has 1 spiro atoms. The van der Waals surface area contributed by atoms with Gasteiger partial charge in [-0.3, -0.25) is 18.9 Å². The van der Waals surface area contributed by atoms with Crippen LogP contribution >= 0.6 is 7.60 Å². The summed E-state index contributed by atoms with van der Waals surface area (Å²) in [4.78, 5) is 59.5. The van der Waals surface area contributed by atoms with Gasteiger partial charge in [-0.25, -0.2) is 0 Å². The second-order valence-corrected chi connectivity index (χ2v) is 13.0. The van der Waals surface area contributed by atoms with Crippen LogP contribution in [0.25, 0.3) is 0 Å². The van der Waals surface area contributed by atoms with Crippen LogP contribution in [0.15, 0.2) is 42.5 Å². The summed E-state index contributed by atoms with van der Waals surface area (Å²) in [5.74, 6) is -3.74. The summed E-state index contributed by atoms with van der Waals surface area (Å²) in [6, 6.07) is 7.29. The SMILES string of the molecule is CC(C)C[C@@H]1NC(=O)C(Cc2ccccc2)CCCC=CCC2(CCNC2=O)C[C@@H](C(O)P(=O)(O)O)NC1=O. The van der Waals surface area contributed by atoms with Gasteiger partial charge in [0, 0.05) is 12.5 Å². The summed E-state index contributed by atoms with van der Waals surface area (Å²) in [7, 11) is -5.03. The van der Waals surface area contributed by atoms with Crippen LogP contribution in [-0.2, 0) is 25.4 Å². The molecule has 0 radical (unpaired) electrons. The van der Waals surface area contributed by atoms with Gasteiger partial charge in [0.05, 0.1) is 11.5 Å². The maximum Gasteiger partial charge on any atom is 0.355 e. The average Bonchev–Trinajstić information content (AvgIpc) is 3.22. The van der Waals surface area contributed by atoms with E-state index < -0.39 is 36.8 Å². The maximum atomic E-state index is 13.5. The molecule has 5 atom stereocenters. The number of aliphatic hydroxyl groups is 1. The fourth-order valence-corrected chi connectivity index (χ4v) is 6.13. The quantitative estimate of drug-likeness (QED) is 0.228. The molecule has 3 amide bonds. The molecule has 216 valence electrons. The molecule has 1 fully saturated rings. The lowest BCUT2D eigenvalue weighted by Crippen LogP contribution is -2.55. The van der Waals surface area contributed by atoms with Gasteiger partial charge in [-0.05, 0) is 62.8 Å². The number of allylic oxidation sites excluding steroid dienone is 2. The molecule has 0 saturated carbocycles. The number of carbonyl (C=O) groups is 3. The van der Waals surface area contributed by atoms with Crippen LogP contribution in [0.3, 0.4) is 0 Å². The van der Waals surface area contributed by atoms with E-state index in [4.69, 9.17) is 0 Å². The number of nitrogens with one attached hydrogen (secondary N) is 3. The van der Waals surface area contributed by atoms with E-state index in [9.17, 15) is 33.8 Å². The number of amides is 3. The number of aliphatic hydroxyl groups excluding tert-OH is 1. The van der Waals surface area contributed by atoms with Crippen molar-refractivity contribution in [2.24, 2.45) is 17.3 Å². The van der Waals surface area contributed by atoms with Crippen LogP contribution in [0.2, 0.25) is 0 Å². The van der Waals surface area contributed by atoms with E-state index in [1.807, 2.05) is 56.3 Å². The zero-order valence-electron chi connectivity index (χ0n) is 22.7. The molecule has 1 aromatic rings. The van der Waals surface area contributed by atoms with Gasteiger partial charge in [0.15, 0.2) is 5.85 Å². The molecule has 10 nitrogen and oxygen atoms in total. The first kappa shape index (κ1) is 31.0. The van der Waals surface area contributed by atoms with Crippen molar-refractivity contribution in [2.75, 3.05) is 6.54 Å². The van der Waals surface area contributed by atoms with Crippen molar-refractivity contribution < 1.29 is 33.8 Å². The Hall–Kier alpha value is -2.52.